The van der Waals surface area contributed by atoms with Crippen LogP contribution >= 0.6 is 0 Å². The molecule has 5 nitrogen and oxygen atoms in total. The smallest absolute Gasteiger partial charge is 0.120 e. The Balaban J connectivity index is 1.96. The van der Waals surface area contributed by atoms with Crippen LogP contribution in [0.2, 0.25) is 0 Å². The fourth-order valence-corrected chi connectivity index (χ4v) is 1.73. The number of rotatable bonds is 4. The van der Waals surface area contributed by atoms with E-state index in [0.29, 0.717) is 5.69 Å². The van der Waals surface area contributed by atoms with E-state index < -0.39 is 0 Å². The lowest BCUT2D eigenvalue weighted by Gasteiger charge is -2.10. The van der Waals surface area contributed by atoms with Gasteiger partial charge in [0.05, 0.1) is 6.20 Å². The third kappa shape index (κ3) is 2.55. The van der Waals surface area contributed by atoms with E-state index >= 15 is 0 Å². The largest absolute Gasteiger partial charge is 0.342 e. The molecule has 0 aromatic carbocycles. The van der Waals surface area contributed by atoms with Crippen LogP contribution in [0.5, 0.6) is 0 Å². The van der Waals surface area contributed by atoms with E-state index in [9.17, 15) is 0 Å². The van der Waals surface area contributed by atoms with Crippen LogP contribution in [0.1, 0.15) is 29.8 Å². The molecule has 88 valence electrons. The molecule has 2 heterocycles. The summed E-state index contributed by atoms with van der Waals surface area (Å²) in [5, 5.41) is 19.0. The summed E-state index contributed by atoms with van der Waals surface area (Å²) in [7, 11) is 1.88. The Bertz CT molecular complexity index is 518. The number of nitriles is 1. The van der Waals surface area contributed by atoms with Crippen LogP contribution in [-0.2, 0) is 13.6 Å². The van der Waals surface area contributed by atoms with Crippen molar-refractivity contribution in [1.82, 2.24) is 20.1 Å². The molecule has 0 saturated heterocycles. The maximum Gasteiger partial charge on any atom is 0.120 e. The summed E-state index contributed by atoms with van der Waals surface area (Å²) in [4.78, 5) is 0. The molecule has 0 spiro atoms. The average Bonchev–Trinajstić information content (AvgIpc) is 2.95. The van der Waals surface area contributed by atoms with Gasteiger partial charge in [-0.05, 0) is 18.6 Å². The molecule has 0 radical (unpaired) electrons. The van der Waals surface area contributed by atoms with Gasteiger partial charge in [0.15, 0.2) is 0 Å². The maximum atomic E-state index is 8.86. The maximum absolute atomic E-state index is 8.86. The van der Waals surface area contributed by atoms with Crippen molar-refractivity contribution in [1.29, 1.82) is 5.26 Å². The van der Waals surface area contributed by atoms with Gasteiger partial charge in [-0.2, -0.15) is 10.4 Å². The van der Waals surface area contributed by atoms with E-state index in [1.165, 1.54) is 0 Å². The topological polar surface area (TPSA) is 69.4 Å². The van der Waals surface area contributed by atoms with Crippen molar-refractivity contribution in [2.75, 3.05) is 0 Å². The Hall–Kier alpha value is -2.06. The van der Waals surface area contributed by atoms with Crippen molar-refractivity contribution in [2.24, 2.45) is 7.05 Å². The quantitative estimate of drug-likeness (QED) is 0.834. The van der Waals surface area contributed by atoms with E-state index in [1.807, 2.05) is 36.3 Å². The molecular formula is C12H15N5. The normalized spacial score (nSPS) is 12.3. The summed E-state index contributed by atoms with van der Waals surface area (Å²) in [6, 6.07) is 4.28. The Labute approximate surface area is 100 Å². The van der Waals surface area contributed by atoms with E-state index in [1.54, 1.807) is 0 Å². The fourth-order valence-electron chi connectivity index (χ4n) is 1.73. The van der Waals surface area contributed by atoms with E-state index in [-0.39, 0.29) is 6.04 Å². The Morgan fingerprint density at radius 3 is 3.06 bits per heavy atom. The Morgan fingerprint density at radius 2 is 2.47 bits per heavy atom. The monoisotopic (exact) mass is 229 g/mol. The number of aromatic nitrogens is 3. The number of hydrogen-bond donors (Lipinski definition) is 2. The van der Waals surface area contributed by atoms with E-state index in [0.717, 1.165) is 17.7 Å². The number of nitrogens with zero attached hydrogens (tertiary/aromatic N) is 3. The lowest BCUT2D eigenvalue weighted by atomic mass is 10.2. The molecule has 0 bridgehead atoms. The van der Waals surface area contributed by atoms with Gasteiger partial charge in [-0.3, -0.25) is 5.10 Å². The predicted octanol–water partition coefficient (Wildman–Crippen LogP) is 1.47. The predicted molar refractivity (Wildman–Crippen MR) is 64.0 cm³/mol. The van der Waals surface area contributed by atoms with Gasteiger partial charge in [-0.15, -0.1) is 0 Å². The number of nitrogens with one attached hydrogen (secondary N) is 2. The third-order valence-corrected chi connectivity index (χ3v) is 2.81. The minimum absolute atomic E-state index is 0.236. The summed E-state index contributed by atoms with van der Waals surface area (Å²) < 4.78 is 1.83. The lowest BCUT2D eigenvalue weighted by Crippen LogP contribution is -2.17. The van der Waals surface area contributed by atoms with Gasteiger partial charge in [-0.1, -0.05) is 0 Å². The van der Waals surface area contributed by atoms with Gasteiger partial charge < -0.3 is 9.88 Å². The second kappa shape index (κ2) is 4.85. The van der Waals surface area contributed by atoms with E-state index in [2.05, 4.69) is 28.5 Å². The second-order valence-corrected chi connectivity index (χ2v) is 4.09. The standard InChI is InChI=1S/C12H15N5/c1-9(11-6-15-16-7-11)14-5-10-3-12(4-13)17(2)8-10/h3,6-9,14H,5H2,1-2H3,(H,15,16). The highest BCUT2D eigenvalue weighted by Gasteiger charge is 2.07. The molecule has 1 unspecified atom stereocenters. The van der Waals surface area contributed by atoms with Crippen LogP contribution < -0.4 is 5.32 Å². The highest BCUT2D eigenvalue weighted by Crippen LogP contribution is 2.11. The first kappa shape index (κ1) is 11.4. The molecule has 5 heteroatoms. The molecule has 0 aliphatic rings. The molecule has 0 fully saturated rings. The van der Waals surface area contributed by atoms with Crippen molar-refractivity contribution >= 4 is 0 Å². The molecule has 2 N–H and O–H groups in total. The minimum atomic E-state index is 0.236. The van der Waals surface area contributed by atoms with Crippen LogP contribution in [0, 0.1) is 11.3 Å². The van der Waals surface area contributed by atoms with Crippen LogP contribution in [-0.4, -0.2) is 14.8 Å². The zero-order valence-electron chi connectivity index (χ0n) is 9.94. The lowest BCUT2D eigenvalue weighted by molar-refractivity contribution is 0.574. The first-order chi connectivity index (χ1) is 8.20. The summed E-state index contributed by atoms with van der Waals surface area (Å²) >= 11 is 0. The first-order valence-corrected chi connectivity index (χ1v) is 5.48. The fraction of sp³-hybridized carbons (Fsp3) is 0.333. The number of H-pyrrole nitrogens is 1. The highest BCUT2D eigenvalue weighted by molar-refractivity contribution is 5.28. The van der Waals surface area contributed by atoms with Crippen molar-refractivity contribution in [3.63, 3.8) is 0 Å². The number of aryl methyl sites for hydroxylation is 1. The van der Waals surface area contributed by atoms with Gasteiger partial charge in [0, 0.05) is 37.6 Å². The van der Waals surface area contributed by atoms with Gasteiger partial charge in [0.2, 0.25) is 0 Å². The molecule has 0 aliphatic carbocycles. The molecule has 2 rings (SSSR count). The molecule has 0 amide bonds. The first-order valence-electron chi connectivity index (χ1n) is 5.48. The zero-order valence-corrected chi connectivity index (χ0v) is 9.94. The average molecular weight is 229 g/mol. The summed E-state index contributed by atoms with van der Waals surface area (Å²) in [5.41, 5.74) is 2.92. The van der Waals surface area contributed by atoms with Gasteiger partial charge in [0.25, 0.3) is 0 Å². The van der Waals surface area contributed by atoms with Crippen molar-refractivity contribution in [3.8, 4) is 6.07 Å². The summed E-state index contributed by atoms with van der Waals surface area (Å²) in [5.74, 6) is 0. The van der Waals surface area contributed by atoms with E-state index in [4.69, 9.17) is 5.26 Å². The van der Waals surface area contributed by atoms with Crippen LogP contribution in [0.3, 0.4) is 0 Å². The van der Waals surface area contributed by atoms with Gasteiger partial charge >= 0.3 is 0 Å². The Morgan fingerprint density at radius 1 is 1.65 bits per heavy atom. The number of aromatic amines is 1. The van der Waals surface area contributed by atoms with Crippen molar-refractivity contribution in [2.45, 2.75) is 19.5 Å². The van der Waals surface area contributed by atoms with Crippen molar-refractivity contribution in [3.05, 3.63) is 41.5 Å². The van der Waals surface area contributed by atoms with Crippen LogP contribution in [0.4, 0.5) is 0 Å². The van der Waals surface area contributed by atoms with Crippen LogP contribution in [0.15, 0.2) is 24.7 Å². The van der Waals surface area contributed by atoms with Gasteiger partial charge in [-0.25, -0.2) is 0 Å². The molecular weight excluding hydrogens is 214 g/mol. The van der Waals surface area contributed by atoms with Crippen LogP contribution in [0.25, 0.3) is 0 Å². The SMILES string of the molecule is CC(NCc1cc(C#N)n(C)c1)c1cn[nH]c1. The molecule has 1 atom stereocenters. The minimum Gasteiger partial charge on any atom is -0.342 e. The second-order valence-electron chi connectivity index (χ2n) is 4.09. The summed E-state index contributed by atoms with van der Waals surface area (Å²) in [6.45, 7) is 2.82. The third-order valence-electron chi connectivity index (χ3n) is 2.81. The molecule has 17 heavy (non-hydrogen) atoms. The molecule has 0 aliphatic heterocycles. The summed E-state index contributed by atoms with van der Waals surface area (Å²) in [6.07, 6.45) is 5.65. The molecule has 2 aromatic rings. The van der Waals surface area contributed by atoms with Gasteiger partial charge in [0.1, 0.15) is 11.8 Å². The molecule has 2 aromatic heterocycles. The van der Waals surface area contributed by atoms with Crippen molar-refractivity contribution < 1.29 is 0 Å². The molecule has 0 saturated carbocycles. The highest BCUT2D eigenvalue weighted by atomic mass is 15.1. The zero-order chi connectivity index (χ0) is 12.3. The number of hydrogen-bond acceptors (Lipinski definition) is 3. The Kier molecular flexibility index (Phi) is 3.26.